The van der Waals surface area contributed by atoms with Crippen LogP contribution in [0.15, 0.2) is 40.9 Å². The summed E-state index contributed by atoms with van der Waals surface area (Å²) in [5.74, 6) is -0.250. The van der Waals surface area contributed by atoms with E-state index in [1.54, 1.807) is 4.68 Å². The molecule has 0 spiro atoms. The van der Waals surface area contributed by atoms with E-state index in [0.29, 0.717) is 15.6 Å². The SMILES string of the molecule is Cc1ccc(-n2nc(C)c3c(F)cc(Br)cc32)cc1. The average Bonchev–Trinajstić information content (AvgIpc) is 2.67. The van der Waals surface area contributed by atoms with E-state index in [9.17, 15) is 4.39 Å². The molecule has 0 N–H and O–H groups in total. The quantitative estimate of drug-likeness (QED) is 0.644. The minimum Gasteiger partial charge on any atom is -0.233 e. The lowest BCUT2D eigenvalue weighted by atomic mass is 10.2. The van der Waals surface area contributed by atoms with Crippen LogP contribution in [0.3, 0.4) is 0 Å². The Kier molecular flexibility index (Phi) is 2.90. The smallest absolute Gasteiger partial charge is 0.135 e. The molecule has 19 heavy (non-hydrogen) atoms. The van der Waals surface area contributed by atoms with Crippen LogP contribution in [-0.4, -0.2) is 9.78 Å². The Morgan fingerprint density at radius 3 is 2.47 bits per heavy atom. The fourth-order valence-electron chi connectivity index (χ4n) is 2.22. The van der Waals surface area contributed by atoms with Gasteiger partial charge < -0.3 is 0 Å². The highest BCUT2D eigenvalue weighted by molar-refractivity contribution is 9.10. The van der Waals surface area contributed by atoms with E-state index in [2.05, 4.69) is 21.0 Å². The minimum atomic E-state index is -0.250. The first-order valence-electron chi connectivity index (χ1n) is 5.97. The third-order valence-electron chi connectivity index (χ3n) is 3.15. The van der Waals surface area contributed by atoms with Crippen LogP contribution in [0.1, 0.15) is 11.3 Å². The van der Waals surface area contributed by atoms with Crippen LogP contribution in [0, 0.1) is 19.7 Å². The van der Waals surface area contributed by atoms with Crippen molar-refractivity contribution < 1.29 is 4.39 Å². The van der Waals surface area contributed by atoms with E-state index in [0.717, 1.165) is 11.2 Å². The van der Waals surface area contributed by atoms with Crippen LogP contribution >= 0.6 is 15.9 Å². The topological polar surface area (TPSA) is 17.8 Å². The van der Waals surface area contributed by atoms with Gasteiger partial charge in [0, 0.05) is 4.47 Å². The molecular formula is C15H12BrFN2. The van der Waals surface area contributed by atoms with E-state index in [4.69, 9.17) is 0 Å². The molecule has 0 amide bonds. The summed E-state index contributed by atoms with van der Waals surface area (Å²) in [4.78, 5) is 0. The molecule has 3 aromatic rings. The van der Waals surface area contributed by atoms with Crippen molar-refractivity contribution in [2.24, 2.45) is 0 Å². The first kappa shape index (κ1) is 12.4. The van der Waals surface area contributed by atoms with Crippen molar-refractivity contribution in [2.45, 2.75) is 13.8 Å². The molecular weight excluding hydrogens is 307 g/mol. The second-order valence-corrected chi connectivity index (χ2v) is 5.53. The van der Waals surface area contributed by atoms with Crippen molar-refractivity contribution >= 4 is 26.8 Å². The number of rotatable bonds is 1. The number of aromatic nitrogens is 2. The van der Waals surface area contributed by atoms with E-state index >= 15 is 0 Å². The Labute approximate surface area is 119 Å². The summed E-state index contributed by atoms with van der Waals surface area (Å²) in [6.45, 7) is 3.86. The molecule has 0 fully saturated rings. The molecule has 4 heteroatoms. The van der Waals surface area contributed by atoms with Gasteiger partial charge in [0.2, 0.25) is 0 Å². The summed E-state index contributed by atoms with van der Waals surface area (Å²) in [5.41, 5.74) is 3.58. The lowest BCUT2D eigenvalue weighted by Crippen LogP contribution is -1.96. The molecule has 0 aliphatic carbocycles. The molecule has 0 atom stereocenters. The van der Waals surface area contributed by atoms with Crippen molar-refractivity contribution in [3.05, 3.63) is 57.9 Å². The first-order valence-corrected chi connectivity index (χ1v) is 6.77. The Morgan fingerprint density at radius 2 is 1.79 bits per heavy atom. The fourth-order valence-corrected chi connectivity index (χ4v) is 2.64. The summed E-state index contributed by atoms with van der Waals surface area (Å²) < 4.78 is 16.5. The Morgan fingerprint density at radius 1 is 1.11 bits per heavy atom. The van der Waals surface area contributed by atoms with Crippen LogP contribution in [0.4, 0.5) is 4.39 Å². The lowest BCUT2D eigenvalue weighted by molar-refractivity contribution is 0.638. The molecule has 0 saturated heterocycles. The van der Waals surface area contributed by atoms with Crippen molar-refractivity contribution in [1.29, 1.82) is 0 Å². The zero-order valence-corrected chi connectivity index (χ0v) is 12.2. The van der Waals surface area contributed by atoms with Gasteiger partial charge in [-0.25, -0.2) is 9.07 Å². The van der Waals surface area contributed by atoms with Crippen LogP contribution in [0.25, 0.3) is 16.6 Å². The highest BCUT2D eigenvalue weighted by Crippen LogP contribution is 2.28. The first-order chi connectivity index (χ1) is 9.06. The third kappa shape index (κ3) is 2.06. The maximum Gasteiger partial charge on any atom is 0.135 e. The van der Waals surface area contributed by atoms with Crippen molar-refractivity contribution in [2.75, 3.05) is 0 Å². The van der Waals surface area contributed by atoms with Gasteiger partial charge in [-0.2, -0.15) is 5.10 Å². The standard InChI is InChI=1S/C15H12BrFN2/c1-9-3-5-12(6-4-9)19-14-8-11(16)7-13(17)15(14)10(2)18-19/h3-8H,1-2H3. The highest BCUT2D eigenvalue weighted by atomic mass is 79.9. The zero-order chi connectivity index (χ0) is 13.6. The van der Waals surface area contributed by atoms with E-state index in [1.165, 1.54) is 11.6 Å². The van der Waals surface area contributed by atoms with Gasteiger partial charge in [0.25, 0.3) is 0 Å². The van der Waals surface area contributed by atoms with Gasteiger partial charge in [0.15, 0.2) is 0 Å². The summed E-state index contributed by atoms with van der Waals surface area (Å²) >= 11 is 3.33. The zero-order valence-electron chi connectivity index (χ0n) is 10.6. The predicted molar refractivity (Wildman–Crippen MR) is 78.2 cm³/mol. The molecule has 0 radical (unpaired) electrons. The molecule has 0 bridgehead atoms. The van der Waals surface area contributed by atoms with E-state index in [-0.39, 0.29) is 5.82 Å². The number of halogens is 2. The van der Waals surface area contributed by atoms with E-state index in [1.807, 2.05) is 44.2 Å². The normalized spacial score (nSPS) is 11.2. The number of benzene rings is 2. The molecule has 2 aromatic carbocycles. The van der Waals surface area contributed by atoms with Crippen LogP contribution < -0.4 is 0 Å². The molecule has 1 aromatic heterocycles. The minimum absolute atomic E-state index is 0.250. The van der Waals surface area contributed by atoms with Crippen LogP contribution in [0.5, 0.6) is 0 Å². The van der Waals surface area contributed by atoms with Gasteiger partial charge in [-0.05, 0) is 38.1 Å². The number of hydrogen-bond acceptors (Lipinski definition) is 1. The number of aryl methyl sites for hydroxylation is 2. The molecule has 0 aliphatic rings. The third-order valence-corrected chi connectivity index (χ3v) is 3.61. The number of nitrogens with zero attached hydrogens (tertiary/aromatic N) is 2. The Bertz CT molecular complexity index is 760. The maximum absolute atomic E-state index is 14.0. The summed E-state index contributed by atoms with van der Waals surface area (Å²) in [6, 6.07) is 11.4. The number of fused-ring (bicyclic) bond motifs is 1. The van der Waals surface area contributed by atoms with Crippen molar-refractivity contribution in [1.82, 2.24) is 9.78 Å². The van der Waals surface area contributed by atoms with E-state index < -0.39 is 0 Å². The predicted octanol–water partition coefficient (Wildman–Crippen LogP) is 4.54. The van der Waals surface area contributed by atoms with Gasteiger partial charge in [-0.15, -0.1) is 0 Å². The van der Waals surface area contributed by atoms with Crippen LogP contribution in [-0.2, 0) is 0 Å². The average molecular weight is 319 g/mol. The molecule has 1 heterocycles. The Hall–Kier alpha value is -1.68. The van der Waals surface area contributed by atoms with Gasteiger partial charge >= 0.3 is 0 Å². The van der Waals surface area contributed by atoms with Gasteiger partial charge in [-0.3, -0.25) is 0 Å². The summed E-state index contributed by atoms with van der Waals surface area (Å²) in [6.07, 6.45) is 0. The molecule has 96 valence electrons. The van der Waals surface area contributed by atoms with Crippen LogP contribution in [0.2, 0.25) is 0 Å². The van der Waals surface area contributed by atoms with Gasteiger partial charge in [0.05, 0.1) is 22.3 Å². The largest absolute Gasteiger partial charge is 0.233 e. The molecule has 3 rings (SSSR count). The second kappa shape index (κ2) is 4.46. The molecule has 0 aliphatic heterocycles. The Balaban J connectivity index is 2.33. The maximum atomic E-state index is 14.0. The highest BCUT2D eigenvalue weighted by Gasteiger charge is 2.13. The van der Waals surface area contributed by atoms with Crippen molar-refractivity contribution in [3.8, 4) is 5.69 Å². The summed E-state index contributed by atoms with van der Waals surface area (Å²) in [5, 5.41) is 5.02. The molecule has 0 saturated carbocycles. The van der Waals surface area contributed by atoms with Gasteiger partial charge in [-0.1, -0.05) is 33.6 Å². The second-order valence-electron chi connectivity index (χ2n) is 4.61. The number of hydrogen-bond donors (Lipinski definition) is 0. The lowest BCUT2D eigenvalue weighted by Gasteiger charge is -2.04. The fraction of sp³-hybridized carbons (Fsp3) is 0.133. The van der Waals surface area contributed by atoms with Gasteiger partial charge in [0.1, 0.15) is 5.82 Å². The molecule has 2 nitrogen and oxygen atoms in total. The molecule has 0 unspecified atom stereocenters. The van der Waals surface area contributed by atoms with Crippen molar-refractivity contribution in [3.63, 3.8) is 0 Å². The summed E-state index contributed by atoms with van der Waals surface area (Å²) in [7, 11) is 0. The monoisotopic (exact) mass is 318 g/mol.